The molecule has 0 heterocycles. The molecule has 4 heteroatoms. The third-order valence-electron chi connectivity index (χ3n) is 6.84. The van der Waals surface area contributed by atoms with Crippen LogP contribution >= 0.6 is 11.6 Å². The predicted octanol–water partition coefficient (Wildman–Crippen LogP) is 9.51. The van der Waals surface area contributed by atoms with E-state index in [1.807, 2.05) is 38.2 Å². The Kier molecular flexibility index (Phi) is 9.39. The fourth-order valence-corrected chi connectivity index (χ4v) is 5.03. The van der Waals surface area contributed by atoms with Gasteiger partial charge in [0.25, 0.3) is 0 Å². The van der Waals surface area contributed by atoms with Crippen LogP contribution in [0.25, 0.3) is 21.9 Å². The van der Waals surface area contributed by atoms with Gasteiger partial charge in [0.1, 0.15) is 11.6 Å². The van der Waals surface area contributed by atoms with E-state index in [1.165, 1.54) is 28.8 Å². The Morgan fingerprint density at radius 3 is 2.50 bits per heavy atom. The molecule has 3 aromatic rings. The first-order chi connectivity index (χ1) is 17.2. The van der Waals surface area contributed by atoms with Crippen molar-refractivity contribution in [3.05, 3.63) is 99.5 Å². The van der Waals surface area contributed by atoms with Gasteiger partial charge < -0.3 is 10.1 Å². The summed E-state index contributed by atoms with van der Waals surface area (Å²) in [6.45, 7) is 15.4. The average molecular weight is 506 g/mol. The summed E-state index contributed by atoms with van der Waals surface area (Å²) in [7, 11) is 1.92. The van der Waals surface area contributed by atoms with Crippen molar-refractivity contribution in [1.29, 1.82) is 0 Å². The molecule has 0 radical (unpaired) electrons. The van der Waals surface area contributed by atoms with Crippen LogP contribution in [0.4, 0.5) is 4.39 Å². The van der Waals surface area contributed by atoms with Gasteiger partial charge in [0.2, 0.25) is 0 Å². The number of nitrogens with one attached hydrogen (secondary N) is 1. The molecule has 36 heavy (non-hydrogen) atoms. The first-order valence-corrected chi connectivity index (χ1v) is 12.9. The van der Waals surface area contributed by atoms with E-state index in [4.69, 9.17) is 16.3 Å². The summed E-state index contributed by atoms with van der Waals surface area (Å²) in [5, 5.41) is 5.77. The van der Waals surface area contributed by atoms with E-state index >= 15 is 0 Å². The van der Waals surface area contributed by atoms with Gasteiger partial charge in [-0.3, -0.25) is 0 Å². The number of hydrogen-bond donors (Lipinski definition) is 1. The van der Waals surface area contributed by atoms with Gasteiger partial charge in [0.15, 0.2) is 0 Å². The normalized spacial score (nSPS) is 12.8. The molecule has 0 atom stereocenters. The highest BCUT2D eigenvalue weighted by molar-refractivity contribution is 6.33. The first kappa shape index (κ1) is 27.5. The number of benzene rings is 3. The van der Waals surface area contributed by atoms with Gasteiger partial charge in [-0.25, -0.2) is 4.39 Å². The zero-order valence-corrected chi connectivity index (χ0v) is 23.1. The maximum absolute atomic E-state index is 13.6. The summed E-state index contributed by atoms with van der Waals surface area (Å²) < 4.78 is 19.8. The molecule has 0 aromatic heterocycles. The minimum Gasteiger partial charge on any atom is -0.493 e. The highest BCUT2D eigenvalue weighted by atomic mass is 35.5. The van der Waals surface area contributed by atoms with Crippen molar-refractivity contribution in [3.8, 4) is 5.75 Å². The van der Waals surface area contributed by atoms with Crippen LogP contribution in [0.2, 0.25) is 5.02 Å². The molecule has 0 bridgehead atoms. The number of halogens is 2. The number of hydrogen-bond acceptors (Lipinski definition) is 2. The molecule has 2 nitrogen and oxygen atoms in total. The summed E-state index contributed by atoms with van der Waals surface area (Å²) >= 11 is 6.75. The SMILES string of the molecule is C=C(C)/C(=C(/C)NC)c1c(Cl)ccc(/C(CCCOc2cccc3cc(F)ccc23)=C(/C)CC)c1C. The zero-order valence-electron chi connectivity index (χ0n) is 22.3. The number of fused-ring (bicyclic) bond motifs is 1. The topological polar surface area (TPSA) is 21.3 Å². The second-order valence-electron chi connectivity index (χ2n) is 9.31. The van der Waals surface area contributed by atoms with E-state index in [9.17, 15) is 4.39 Å². The van der Waals surface area contributed by atoms with Gasteiger partial charge in [-0.05, 0) is 105 Å². The van der Waals surface area contributed by atoms with Crippen molar-refractivity contribution in [2.45, 2.75) is 53.9 Å². The van der Waals surface area contributed by atoms with Crippen molar-refractivity contribution >= 4 is 33.5 Å². The monoisotopic (exact) mass is 505 g/mol. The summed E-state index contributed by atoms with van der Waals surface area (Å²) in [6.07, 6.45) is 2.72. The molecular formula is C32H37ClFNO. The Hall–Kier alpha value is -3.04. The fourth-order valence-electron chi connectivity index (χ4n) is 4.73. The molecule has 0 amide bonds. The van der Waals surface area contributed by atoms with Crippen molar-refractivity contribution in [2.24, 2.45) is 0 Å². The Labute approximate surface area is 220 Å². The van der Waals surface area contributed by atoms with Gasteiger partial charge >= 0.3 is 0 Å². The second-order valence-corrected chi connectivity index (χ2v) is 9.72. The number of ether oxygens (including phenoxy) is 1. The highest BCUT2D eigenvalue weighted by Crippen LogP contribution is 2.38. The van der Waals surface area contributed by atoms with Crippen LogP contribution in [0.5, 0.6) is 5.75 Å². The minimum atomic E-state index is -0.239. The molecular weight excluding hydrogens is 469 g/mol. The molecule has 0 saturated carbocycles. The Bertz CT molecular complexity index is 1340. The lowest BCUT2D eigenvalue weighted by atomic mass is 9.86. The Morgan fingerprint density at radius 2 is 1.83 bits per heavy atom. The number of rotatable bonds is 10. The summed E-state index contributed by atoms with van der Waals surface area (Å²) in [5.41, 5.74) is 9.20. The molecule has 0 fully saturated rings. The van der Waals surface area contributed by atoms with E-state index in [-0.39, 0.29) is 5.82 Å². The third-order valence-corrected chi connectivity index (χ3v) is 7.16. The van der Waals surface area contributed by atoms with Crippen molar-refractivity contribution in [1.82, 2.24) is 5.32 Å². The van der Waals surface area contributed by atoms with Crippen LogP contribution < -0.4 is 10.1 Å². The molecule has 3 rings (SSSR count). The highest BCUT2D eigenvalue weighted by Gasteiger charge is 2.18. The largest absolute Gasteiger partial charge is 0.493 e. The smallest absolute Gasteiger partial charge is 0.127 e. The standard InChI is InChI=1S/C32H37ClFNO/c1-8-21(4)26(12-10-18-36-30-13-9-11-24-19-25(34)14-15-28(24)30)27-16-17-29(33)32(22(27)5)31(20(2)3)23(6)35-7/h9,11,13-17,19,35H,2,8,10,12,18H2,1,3-7H3/b26-21-,31-23+. The van der Waals surface area contributed by atoms with Gasteiger partial charge in [0, 0.05) is 34.3 Å². The molecule has 1 N–H and O–H groups in total. The van der Waals surface area contributed by atoms with Crippen LogP contribution in [0.3, 0.4) is 0 Å². The van der Waals surface area contributed by atoms with E-state index in [0.29, 0.717) is 6.61 Å². The Balaban J connectivity index is 1.88. The molecule has 0 spiro atoms. The van der Waals surface area contributed by atoms with Crippen LogP contribution in [-0.2, 0) is 0 Å². The summed E-state index contributed by atoms with van der Waals surface area (Å²) in [6, 6.07) is 14.7. The lowest BCUT2D eigenvalue weighted by Crippen LogP contribution is -2.08. The molecule has 0 saturated heterocycles. The zero-order chi connectivity index (χ0) is 26.4. The molecule has 3 aromatic carbocycles. The van der Waals surface area contributed by atoms with Crippen molar-refractivity contribution in [3.63, 3.8) is 0 Å². The quantitative estimate of drug-likeness (QED) is 0.219. The van der Waals surface area contributed by atoms with Crippen molar-refractivity contribution < 1.29 is 9.13 Å². The van der Waals surface area contributed by atoms with E-state index in [0.717, 1.165) is 68.8 Å². The molecule has 0 unspecified atom stereocenters. The first-order valence-electron chi connectivity index (χ1n) is 12.5. The molecule has 0 aliphatic rings. The van der Waals surface area contributed by atoms with Gasteiger partial charge in [-0.15, -0.1) is 0 Å². The Morgan fingerprint density at radius 1 is 1.08 bits per heavy atom. The summed E-state index contributed by atoms with van der Waals surface area (Å²) in [5.74, 6) is 0.547. The van der Waals surface area contributed by atoms with Gasteiger partial charge in [0.05, 0.1) is 6.61 Å². The maximum atomic E-state index is 13.6. The molecule has 0 aliphatic heterocycles. The van der Waals surface area contributed by atoms with Gasteiger partial charge in [-0.2, -0.15) is 0 Å². The van der Waals surface area contributed by atoms with Crippen LogP contribution in [-0.4, -0.2) is 13.7 Å². The average Bonchev–Trinajstić information content (AvgIpc) is 2.85. The second kappa shape index (κ2) is 12.3. The number of allylic oxidation sites excluding steroid dienone is 5. The summed E-state index contributed by atoms with van der Waals surface area (Å²) in [4.78, 5) is 0. The molecule has 190 valence electrons. The lowest BCUT2D eigenvalue weighted by Gasteiger charge is -2.22. The molecule has 0 aliphatic carbocycles. The van der Waals surface area contributed by atoms with Gasteiger partial charge in [-0.1, -0.05) is 48.9 Å². The minimum absolute atomic E-state index is 0.239. The lowest BCUT2D eigenvalue weighted by molar-refractivity contribution is 0.316. The van der Waals surface area contributed by atoms with Crippen molar-refractivity contribution in [2.75, 3.05) is 13.7 Å². The third kappa shape index (κ3) is 6.02. The van der Waals surface area contributed by atoms with E-state index < -0.39 is 0 Å². The van der Waals surface area contributed by atoms with E-state index in [2.05, 4.69) is 45.7 Å². The van der Waals surface area contributed by atoms with Crippen LogP contribution in [0.15, 0.2) is 72.0 Å². The van der Waals surface area contributed by atoms with Crippen LogP contribution in [0.1, 0.15) is 63.6 Å². The predicted molar refractivity (Wildman–Crippen MR) is 154 cm³/mol. The van der Waals surface area contributed by atoms with Crippen LogP contribution in [0, 0.1) is 12.7 Å². The van der Waals surface area contributed by atoms with E-state index in [1.54, 1.807) is 6.07 Å². The maximum Gasteiger partial charge on any atom is 0.127 e. The fraction of sp³-hybridized carbons (Fsp3) is 0.312.